The molecular formula is C44H48ClF2N9O6. The van der Waals surface area contributed by atoms with Gasteiger partial charge >= 0.3 is 0 Å². The van der Waals surface area contributed by atoms with E-state index >= 15 is 8.78 Å². The van der Waals surface area contributed by atoms with Gasteiger partial charge in [-0.2, -0.15) is 5.26 Å². The quantitative estimate of drug-likeness (QED) is 0.268. The number of nitrogens with one attached hydrogen (secondary N) is 2. The van der Waals surface area contributed by atoms with Crippen molar-refractivity contribution in [2.75, 3.05) is 55.6 Å². The summed E-state index contributed by atoms with van der Waals surface area (Å²) in [5.41, 5.74) is -1.60. The number of rotatable bonds is 10. The first kappa shape index (κ1) is 42.9. The first-order chi connectivity index (χ1) is 29.5. The molecule has 18 heteroatoms. The fourth-order valence-corrected chi connectivity index (χ4v) is 10.5. The summed E-state index contributed by atoms with van der Waals surface area (Å²) in [5, 5.41) is 23.5. The molecule has 62 heavy (non-hydrogen) atoms. The smallest absolute Gasteiger partial charge is 0.272 e. The van der Waals surface area contributed by atoms with Crippen LogP contribution in [0, 0.1) is 39.7 Å². The van der Waals surface area contributed by atoms with Gasteiger partial charge in [0, 0.05) is 68.6 Å². The molecule has 3 aromatic rings. The lowest BCUT2D eigenvalue weighted by atomic mass is 9.49. The van der Waals surface area contributed by atoms with Gasteiger partial charge in [-0.05, 0) is 68.5 Å². The zero-order chi connectivity index (χ0) is 44.2. The molecule has 0 radical (unpaired) electrons. The molecule has 4 fully saturated rings. The molecule has 3 saturated heterocycles. The monoisotopic (exact) mass is 871 g/mol. The van der Waals surface area contributed by atoms with Crippen molar-refractivity contribution in [1.29, 1.82) is 5.26 Å². The Kier molecular flexibility index (Phi) is 11.4. The third-order valence-corrected chi connectivity index (χ3v) is 13.7. The summed E-state index contributed by atoms with van der Waals surface area (Å²) in [6, 6.07) is 9.94. The summed E-state index contributed by atoms with van der Waals surface area (Å²) in [6.07, 6.45) is 2.44. The predicted octanol–water partition coefficient (Wildman–Crippen LogP) is 4.72. The number of fused-ring (bicyclic) bond motifs is 1. The summed E-state index contributed by atoms with van der Waals surface area (Å²) < 4.78 is 37.7. The van der Waals surface area contributed by atoms with E-state index in [0.29, 0.717) is 59.2 Å². The van der Waals surface area contributed by atoms with E-state index in [1.54, 1.807) is 29.2 Å². The molecule has 5 heterocycles. The number of halogens is 3. The third-order valence-electron chi connectivity index (χ3n) is 13.4. The molecule has 1 aliphatic carbocycles. The molecule has 0 bridgehead atoms. The van der Waals surface area contributed by atoms with Crippen molar-refractivity contribution in [3.63, 3.8) is 0 Å². The van der Waals surface area contributed by atoms with E-state index in [-0.39, 0.29) is 42.3 Å². The Morgan fingerprint density at radius 3 is 2.27 bits per heavy atom. The van der Waals surface area contributed by atoms with Crippen molar-refractivity contribution >= 4 is 52.6 Å². The van der Waals surface area contributed by atoms with Gasteiger partial charge < -0.3 is 19.9 Å². The van der Waals surface area contributed by atoms with Crippen LogP contribution in [-0.2, 0) is 9.59 Å². The SMILES string of the molecule is CC1(C)C(NC(=O)c2ccc(N3CCC(CCN4CCN(c5c(F)cc6c(c5F)C(=O)N(C5CCC(=O)NC5=O)C6=O)CC4)CC3)nn2)C(C)(C)C1Oc1ccc(C#N)c(Cl)c1. The minimum Gasteiger partial charge on any atom is -0.489 e. The van der Waals surface area contributed by atoms with Crippen molar-refractivity contribution in [2.24, 2.45) is 16.7 Å². The molecule has 0 spiro atoms. The van der Waals surface area contributed by atoms with Gasteiger partial charge in [-0.15, -0.1) is 10.2 Å². The van der Waals surface area contributed by atoms with Crippen LogP contribution in [0.2, 0.25) is 5.02 Å². The second kappa shape index (κ2) is 16.5. The highest BCUT2D eigenvalue weighted by Crippen LogP contribution is 2.55. The van der Waals surface area contributed by atoms with E-state index in [4.69, 9.17) is 16.3 Å². The Balaban J connectivity index is 0.789. The molecule has 1 saturated carbocycles. The van der Waals surface area contributed by atoms with Crippen LogP contribution < -0.4 is 25.2 Å². The van der Waals surface area contributed by atoms with Crippen LogP contribution in [0.15, 0.2) is 36.4 Å². The standard InChI is InChI=1S/C44H48ClF2N9O6/c1-43(2)41(44(3,4)42(43)62-26-6-5-25(23-48)28(45)21-26)50-37(58)30-7-9-32(52-51-30)54-15-12-24(13-16-54)11-14-53-17-19-55(20-18-53)36-29(46)22-27-34(35(36)47)40(61)56(39(27)60)31-8-10-33(57)49-38(31)59/h5-7,9,21-22,24,31,41-42H,8,10-20H2,1-4H3,(H,50,58)(H,49,57,59). The zero-order valence-electron chi connectivity index (χ0n) is 35.0. The average Bonchev–Trinajstić information content (AvgIpc) is 3.49. The summed E-state index contributed by atoms with van der Waals surface area (Å²) in [7, 11) is 0. The minimum absolute atomic E-state index is 0.0818. The van der Waals surface area contributed by atoms with Crippen LogP contribution in [0.4, 0.5) is 20.3 Å². The first-order valence-electron chi connectivity index (χ1n) is 21.0. The number of hydrogen-bond acceptors (Lipinski definition) is 12. The van der Waals surface area contributed by atoms with Crippen molar-refractivity contribution in [3.8, 4) is 11.8 Å². The summed E-state index contributed by atoms with van der Waals surface area (Å²) in [5.74, 6) is -3.98. The Labute approximate surface area is 362 Å². The van der Waals surface area contributed by atoms with Gasteiger partial charge in [-0.1, -0.05) is 39.3 Å². The summed E-state index contributed by atoms with van der Waals surface area (Å²) in [4.78, 5) is 70.4. The van der Waals surface area contributed by atoms with Gasteiger partial charge in [0.1, 0.15) is 35.5 Å². The van der Waals surface area contributed by atoms with E-state index in [1.807, 2.05) is 39.8 Å². The van der Waals surface area contributed by atoms with Gasteiger partial charge in [-0.3, -0.25) is 39.1 Å². The van der Waals surface area contributed by atoms with Crippen LogP contribution in [-0.4, -0.2) is 114 Å². The molecule has 2 aromatic carbocycles. The number of piperidine rings is 2. The summed E-state index contributed by atoms with van der Waals surface area (Å²) >= 11 is 6.23. The van der Waals surface area contributed by atoms with Crippen LogP contribution in [0.5, 0.6) is 5.75 Å². The zero-order valence-corrected chi connectivity index (χ0v) is 35.7. The molecular weight excluding hydrogens is 824 g/mol. The fourth-order valence-electron chi connectivity index (χ4n) is 10.3. The molecule has 8 rings (SSSR count). The lowest BCUT2D eigenvalue weighted by Crippen LogP contribution is -2.74. The Morgan fingerprint density at radius 1 is 0.935 bits per heavy atom. The second-order valence-electron chi connectivity index (χ2n) is 18.0. The number of piperazine rings is 1. The number of benzene rings is 2. The van der Waals surface area contributed by atoms with Crippen LogP contribution in [0.25, 0.3) is 0 Å². The third kappa shape index (κ3) is 7.72. The summed E-state index contributed by atoms with van der Waals surface area (Å²) in [6.45, 7) is 12.3. The second-order valence-corrected chi connectivity index (χ2v) is 18.4. The highest BCUT2D eigenvalue weighted by molar-refractivity contribution is 6.31. The number of amides is 5. The minimum atomic E-state index is -1.28. The van der Waals surface area contributed by atoms with E-state index in [2.05, 4.69) is 30.6 Å². The Morgan fingerprint density at radius 2 is 1.65 bits per heavy atom. The highest BCUT2D eigenvalue weighted by atomic mass is 35.5. The average molecular weight is 872 g/mol. The Hall–Kier alpha value is -5.73. The maximum Gasteiger partial charge on any atom is 0.272 e. The predicted molar refractivity (Wildman–Crippen MR) is 223 cm³/mol. The molecule has 2 N–H and O–H groups in total. The number of nitriles is 1. The molecule has 1 atom stereocenters. The number of ether oxygens (including phenoxy) is 1. The number of aromatic nitrogens is 2. The Bertz CT molecular complexity index is 2360. The lowest BCUT2D eigenvalue weighted by molar-refractivity contribution is -0.164. The molecule has 1 aromatic heterocycles. The van der Waals surface area contributed by atoms with Gasteiger partial charge in [0.05, 0.1) is 21.7 Å². The number of carbonyl (C=O) groups is 5. The topological polar surface area (TPSA) is 181 Å². The van der Waals surface area contributed by atoms with Gasteiger partial charge in [-0.25, -0.2) is 8.78 Å². The maximum absolute atomic E-state index is 16.0. The molecule has 4 aliphatic heterocycles. The largest absolute Gasteiger partial charge is 0.489 e. The molecule has 5 amide bonds. The van der Waals surface area contributed by atoms with Crippen LogP contribution in [0.1, 0.15) is 96.6 Å². The maximum atomic E-state index is 16.0. The number of hydrogen-bond donors (Lipinski definition) is 2. The van der Waals surface area contributed by atoms with Crippen LogP contribution in [0.3, 0.4) is 0 Å². The van der Waals surface area contributed by atoms with Crippen molar-refractivity contribution in [2.45, 2.75) is 78.0 Å². The van der Waals surface area contributed by atoms with E-state index < -0.39 is 63.3 Å². The van der Waals surface area contributed by atoms with Crippen molar-refractivity contribution in [1.82, 2.24) is 30.6 Å². The van der Waals surface area contributed by atoms with Crippen LogP contribution >= 0.6 is 11.6 Å². The number of nitrogens with zero attached hydrogens (tertiary/aromatic N) is 7. The van der Waals surface area contributed by atoms with E-state index in [9.17, 15) is 29.2 Å². The molecule has 326 valence electrons. The number of carbonyl (C=O) groups excluding carboxylic acids is 5. The number of imide groups is 2. The number of anilines is 2. The lowest BCUT2D eigenvalue weighted by Gasteiger charge is -2.63. The van der Waals surface area contributed by atoms with Gasteiger partial charge in [0.15, 0.2) is 17.3 Å². The molecule has 15 nitrogen and oxygen atoms in total. The van der Waals surface area contributed by atoms with Gasteiger partial charge in [0.25, 0.3) is 17.7 Å². The fraction of sp³-hybridized carbons (Fsp3) is 0.500. The molecule has 5 aliphatic rings. The van der Waals surface area contributed by atoms with Crippen molar-refractivity contribution < 1.29 is 37.5 Å². The molecule has 1 unspecified atom stereocenters. The first-order valence-corrected chi connectivity index (χ1v) is 21.3. The van der Waals surface area contributed by atoms with Gasteiger partial charge in [0.2, 0.25) is 11.8 Å². The highest BCUT2D eigenvalue weighted by Gasteiger charge is 2.64. The normalized spacial score (nSPS) is 23.7. The van der Waals surface area contributed by atoms with E-state index in [0.717, 1.165) is 45.0 Å². The van der Waals surface area contributed by atoms with Crippen molar-refractivity contribution in [3.05, 3.63) is 75.4 Å². The van der Waals surface area contributed by atoms with E-state index in [1.165, 1.54) is 0 Å².